The highest BCUT2D eigenvalue weighted by atomic mass is 16.2. The molecule has 0 radical (unpaired) electrons. The van der Waals surface area contributed by atoms with Crippen LogP contribution in [0.5, 0.6) is 0 Å². The number of rotatable bonds is 4. The van der Waals surface area contributed by atoms with Gasteiger partial charge in [0.2, 0.25) is 5.91 Å². The van der Waals surface area contributed by atoms with Crippen molar-refractivity contribution in [3.8, 4) is 11.3 Å². The summed E-state index contributed by atoms with van der Waals surface area (Å²) in [6.45, 7) is 8.78. The van der Waals surface area contributed by atoms with Crippen LogP contribution in [0.25, 0.3) is 11.3 Å². The first-order valence-corrected chi connectivity index (χ1v) is 11.2. The third kappa shape index (κ3) is 4.74. The van der Waals surface area contributed by atoms with Crippen molar-refractivity contribution in [2.24, 2.45) is 0 Å². The molecule has 4 rings (SSSR count). The minimum absolute atomic E-state index is 0.0251. The first-order chi connectivity index (χ1) is 15.4. The number of hydrogen-bond acceptors (Lipinski definition) is 3. The van der Waals surface area contributed by atoms with Gasteiger partial charge in [-0.1, -0.05) is 42.5 Å². The van der Waals surface area contributed by atoms with Crippen LogP contribution in [0, 0.1) is 13.8 Å². The molecule has 0 bridgehead atoms. The van der Waals surface area contributed by atoms with Crippen LogP contribution in [-0.4, -0.2) is 57.6 Å². The SMILES string of the molecule is CC(=O)N1CCCN(C(=O)c2cn(Cc3ccccc3)nc2-c2ccc(C)c(C)c2)CC1. The van der Waals surface area contributed by atoms with Crippen molar-refractivity contribution < 1.29 is 9.59 Å². The molecular formula is C26H30N4O2. The Morgan fingerprint density at radius 2 is 1.62 bits per heavy atom. The van der Waals surface area contributed by atoms with Gasteiger partial charge in [0.15, 0.2) is 0 Å². The first kappa shape index (κ1) is 21.8. The summed E-state index contributed by atoms with van der Waals surface area (Å²) in [5.41, 5.74) is 5.78. The monoisotopic (exact) mass is 430 g/mol. The van der Waals surface area contributed by atoms with Gasteiger partial charge in [0.25, 0.3) is 5.91 Å². The lowest BCUT2D eigenvalue weighted by Gasteiger charge is -2.21. The lowest BCUT2D eigenvalue weighted by molar-refractivity contribution is -0.128. The van der Waals surface area contributed by atoms with Crippen molar-refractivity contribution in [2.45, 2.75) is 33.7 Å². The predicted molar refractivity (Wildman–Crippen MR) is 125 cm³/mol. The van der Waals surface area contributed by atoms with Crippen LogP contribution in [0.2, 0.25) is 0 Å². The average molecular weight is 431 g/mol. The molecule has 1 aromatic heterocycles. The number of benzene rings is 2. The summed E-state index contributed by atoms with van der Waals surface area (Å²) in [6.07, 6.45) is 2.65. The lowest BCUT2D eigenvalue weighted by Crippen LogP contribution is -2.36. The van der Waals surface area contributed by atoms with Gasteiger partial charge in [0.05, 0.1) is 12.1 Å². The number of carbonyl (C=O) groups is 2. The molecule has 0 unspecified atom stereocenters. The van der Waals surface area contributed by atoms with E-state index in [0.29, 0.717) is 44.0 Å². The van der Waals surface area contributed by atoms with Crippen molar-refractivity contribution in [1.82, 2.24) is 19.6 Å². The molecule has 2 amide bonds. The third-order valence-electron chi connectivity index (χ3n) is 6.19. The molecule has 0 N–H and O–H groups in total. The maximum Gasteiger partial charge on any atom is 0.257 e. The lowest BCUT2D eigenvalue weighted by atomic mass is 10.0. The summed E-state index contributed by atoms with van der Waals surface area (Å²) in [5.74, 6) is 0.0359. The van der Waals surface area contributed by atoms with E-state index in [4.69, 9.17) is 5.10 Å². The van der Waals surface area contributed by atoms with Gasteiger partial charge in [-0.25, -0.2) is 0 Å². The molecular weight excluding hydrogens is 400 g/mol. The van der Waals surface area contributed by atoms with Crippen molar-refractivity contribution in [3.63, 3.8) is 0 Å². The number of amides is 2. The van der Waals surface area contributed by atoms with E-state index in [1.165, 1.54) is 11.1 Å². The average Bonchev–Trinajstić information content (AvgIpc) is 3.03. The maximum atomic E-state index is 13.6. The van der Waals surface area contributed by atoms with E-state index in [9.17, 15) is 9.59 Å². The molecule has 0 aliphatic carbocycles. The molecule has 1 saturated heterocycles. The van der Waals surface area contributed by atoms with E-state index in [0.717, 1.165) is 17.5 Å². The van der Waals surface area contributed by atoms with Gasteiger partial charge >= 0.3 is 0 Å². The van der Waals surface area contributed by atoms with Gasteiger partial charge in [-0.15, -0.1) is 0 Å². The normalized spacial score (nSPS) is 14.3. The van der Waals surface area contributed by atoms with Crippen LogP contribution in [0.15, 0.2) is 54.7 Å². The van der Waals surface area contributed by atoms with Gasteiger partial charge in [0.1, 0.15) is 5.69 Å². The number of aromatic nitrogens is 2. The van der Waals surface area contributed by atoms with Gasteiger partial charge < -0.3 is 9.80 Å². The van der Waals surface area contributed by atoms with E-state index in [2.05, 4.69) is 38.1 Å². The first-order valence-electron chi connectivity index (χ1n) is 11.2. The fraction of sp³-hybridized carbons (Fsp3) is 0.346. The molecule has 2 aromatic carbocycles. The standard InChI is InChI=1S/C26H30N4O2/c1-19-10-11-23(16-20(19)2)25-24(18-30(27-25)17-22-8-5-4-6-9-22)26(32)29-13-7-12-28(14-15-29)21(3)31/h4-6,8-11,16,18H,7,12-15,17H2,1-3H3. The third-order valence-corrected chi connectivity index (χ3v) is 6.19. The molecule has 0 spiro atoms. The molecule has 6 heteroatoms. The summed E-state index contributed by atoms with van der Waals surface area (Å²) in [7, 11) is 0. The van der Waals surface area contributed by atoms with E-state index in [1.807, 2.05) is 44.9 Å². The second-order valence-corrected chi connectivity index (χ2v) is 8.53. The molecule has 1 aliphatic heterocycles. The minimum atomic E-state index is -0.0251. The minimum Gasteiger partial charge on any atom is -0.341 e. The highest BCUT2D eigenvalue weighted by molar-refractivity contribution is 6.00. The van der Waals surface area contributed by atoms with E-state index in [1.54, 1.807) is 6.92 Å². The fourth-order valence-corrected chi connectivity index (χ4v) is 4.14. The van der Waals surface area contributed by atoms with Crippen LogP contribution in [-0.2, 0) is 11.3 Å². The zero-order chi connectivity index (χ0) is 22.7. The molecule has 0 atom stereocenters. The number of carbonyl (C=O) groups excluding carboxylic acids is 2. The van der Waals surface area contributed by atoms with Crippen LogP contribution < -0.4 is 0 Å². The molecule has 6 nitrogen and oxygen atoms in total. The van der Waals surface area contributed by atoms with E-state index >= 15 is 0 Å². The van der Waals surface area contributed by atoms with Crippen LogP contribution >= 0.6 is 0 Å². The Morgan fingerprint density at radius 1 is 0.906 bits per heavy atom. The van der Waals surface area contributed by atoms with Gasteiger partial charge in [-0.05, 0) is 43.0 Å². The van der Waals surface area contributed by atoms with Crippen molar-refractivity contribution in [1.29, 1.82) is 0 Å². The van der Waals surface area contributed by atoms with Gasteiger partial charge in [0, 0.05) is 44.9 Å². The second-order valence-electron chi connectivity index (χ2n) is 8.53. The van der Waals surface area contributed by atoms with Crippen molar-refractivity contribution in [3.05, 3.63) is 77.0 Å². The summed E-state index contributed by atoms with van der Waals surface area (Å²) in [6, 6.07) is 16.3. The Morgan fingerprint density at radius 3 is 2.34 bits per heavy atom. The van der Waals surface area contributed by atoms with Crippen molar-refractivity contribution >= 4 is 11.8 Å². The Kier molecular flexibility index (Phi) is 6.40. The Hall–Kier alpha value is -3.41. The van der Waals surface area contributed by atoms with Crippen LogP contribution in [0.3, 0.4) is 0 Å². The summed E-state index contributed by atoms with van der Waals surface area (Å²) >= 11 is 0. The van der Waals surface area contributed by atoms with Crippen LogP contribution in [0.4, 0.5) is 0 Å². The fourth-order valence-electron chi connectivity index (χ4n) is 4.14. The predicted octanol–water partition coefficient (Wildman–Crippen LogP) is 3.91. The highest BCUT2D eigenvalue weighted by Crippen LogP contribution is 2.26. The Balaban J connectivity index is 1.68. The topological polar surface area (TPSA) is 58.4 Å². The smallest absolute Gasteiger partial charge is 0.257 e. The molecule has 1 fully saturated rings. The summed E-state index contributed by atoms with van der Waals surface area (Å²) in [4.78, 5) is 29.1. The van der Waals surface area contributed by atoms with E-state index < -0.39 is 0 Å². The summed E-state index contributed by atoms with van der Waals surface area (Å²) < 4.78 is 1.85. The zero-order valence-electron chi connectivity index (χ0n) is 19.0. The quantitative estimate of drug-likeness (QED) is 0.631. The summed E-state index contributed by atoms with van der Waals surface area (Å²) in [5, 5.41) is 4.83. The van der Waals surface area contributed by atoms with Crippen LogP contribution in [0.1, 0.15) is 40.4 Å². The number of aryl methyl sites for hydroxylation is 2. The molecule has 2 heterocycles. The highest BCUT2D eigenvalue weighted by Gasteiger charge is 2.26. The molecule has 166 valence electrons. The maximum absolute atomic E-state index is 13.6. The Bertz CT molecular complexity index is 1120. The Labute approximate surface area is 189 Å². The molecule has 1 aliphatic rings. The zero-order valence-corrected chi connectivity index (χ0v) is 19.0. The number of hydrogen-bond donors (Lipinski definition) is 0. The molecule has 32 heavy (non-hydrogen) atoms. The van der Waals surface area contributed by atoms with Gasteiger partial charge in [-0.3, -0.25) is 14.3 Å². The molecule has 0 saturated carbocycles. The van der Waals surface area contributed by atoms with Gasteiger partial charge in [-0.2, -0.15) is 5.10 Å². The molecule has 3 aromatic rings. The largest absolute Gasteiger partial charge is 0.341 e. The number of nitrogens with zero attached hydrogens (tertiary/aromatic N) is 4. The second kappa shape index (κ2) is 9.39. The van der Waals surface area contributed by atoms with E-state index in [-0.39, 0.29) is 11.8 Å². The van der Waals surface area contributed by atoms with Crippen molar-refractivity contribution in [2.75, 3.05) is 26.2 Å².